The molecular formula is C32H25ClF2N8O3S. The standard InChI is InChI=1S/C32H25ClF2N8O3S/c33-21-6-2-4-8-26(21)47(45,46)41-23-10-9-22(34)29(28(23)35)40-31-30-24(37-18-38-31)11-12-27(39-30)43-17-20(19-5-1-3-7-25(19)43)32(44)42-15-13-36-14-16-42/h1-12,17-18,36,41H,13-16H2,(H,37,38,40). The van der Waals surface area contributed by atoms with Gasteiger partial charge in [0.15, 0.2) is 11.6 Å². The van der Waals surface area contributed by atoms with E-state index in [2.05, 4.69) is 25.3 Å². The predicted molar refractivity (Wildman–Crippen MR) is 175 cm³/mol. The summed E-state index contributed by atoms with van der Waals surface area (Å²) in [5.74, 6) is -1.93. The number of benzene rings is 3. The van der Waals surface area contributed by atoms with Gasteiger partial charge >= 0.3 is 0 Å². The van der Waals surface area contributed by atoms with Crippen molar-refractivity contribution in [3.05, 3.63) is 108 Å². The van der Waals surface area contributed by atoms with E-state index >= 15 is 8.78 Å². The highest BCUT2D eigenvalue weighted by Crippen LogP contribution is 2.33. The number of hydrogen-bond acceptors (Lipinski definition) is 8. The quantitative estimate of drug-likeness (QED) is 0.203. The molecule has 15 heteroatoms. The lowest BCUT2D eigenvalue weighted by atomic mass is 10.1. The molecule has 1 fully saturated rings. The van der Waals surface area contributed by atoms with E-state index in [-0.39, 0.29) is 27.2 Å². The second kappa shape index (κ2) is 12.2. The summed E-state index contributed by atoms with van der Waals surface area (Å²) >= 11 is 6.05. The average molecular weight is 675 g/mol. The Kier molecular flexibility index (Phi) is 7.91. The zero-order chi connectivity index (χ0) is 32.7. The number of fused-ring (bicyclic) bond motifs is 2. The molecule has 0 atom stereocenters. The fourth-order valence-corrected chi connectivity index (χ4v) is 7.04. The van der Waals surface area contributed by atoms with E-state index in [4.69, 9.17) is 16.6 Å². The molecular weight excluding hydrogens is 650 g/mol. The average Bonchev–Trinajstić information content (AvgIpc) is 3.47. The smallest absolute Gasteiger partial charge is 0.263 e. The molecule has 0 unspecified atom stereocenters. The SMILES string of the molecule is O=C(c1cn(-c2ccc3ncnc(Nc4c(F)ccc(NS(=O)(=O)c5ccccc5Cl)c4F)c3n2)c2ccccc12)N1CCNCC1. The molecule has 1 amide bonds. The molecule has 1 aliphatic rings. The minimum atomic E-state index is -4.31. The van der Waals surface area contributed by atoms with Crippen molar-refractivity contribution in [2.75, 3.05) is 36.2 Å². The van der Waals surface area contributed by atoms with Gasteiger partial charge in [-0.1, -0.05) is 41.9 Å². The van der Waals surface area contributed by atoms with Crippen LogP contribution in [0.2, 0.25) is 5.02 Å². The van der Waals surface area contributed by atoms with Crippen LogP contribution in [0.1, 0.15) is 10.4 Å². The van der Waals surface area contributed by atoms with Gasteiger partial charge in [-0.2, -0.15) is 0 Å². The van der Waals surface area contributed by atoms with Crippen LogP contribution in [-0.4, -0.2) is 64.9 Å². The second-order valence-corrected chi connectivity index (χ2v) is 12.7. The maximum Gasteiger partial charge on any atom is 0.263 e. The van der Waals surface area contributed by atoms with Crippen molar-refractivity contribution in [1.29, 1.82) is 0 Å². The number of carbonyl (C=O) groups excluding carboxylic acids is 1. The number of para-hydroxylation sites is 1. The maximum atomic E-state index is 15.7. The summed E-state index contributed by atoms with van der Waals surface area (Å²) < 4.78 is 60.7. The van der Waals surface area contributed by atoms with E-state index in [1.807, 2.05) is 24.3 Å². The Bertz CT molecular complexity index is 2290. The van der Waals surface area contributed by atoms with E-state index < -0.39 is 33.0 Å². The summed E-state index contributed by atoms with van der Waals surface area (Å²) in [6, 6.07) is 18.4. The van der Waals surface area contributed by atoms with Crippen molar-refractivity contribution < 1.29 is 22.0 Å². The molecule has 3 aromatic heterocycles. The number of halogens is 3. The first-order chi connectivity index (χ1) is 22.7. The lowest BCUT2D eigenvalue weighted by Gasteiger charge is -2.27. The third kappa shape index (κ3) is 5.71. The van der Waals surface area contributed by atoms with E-state index in [9.17, 15) is 13.2 Å². The molecule has 238 valence electrons. The number of piperazine rings is 1. The van der Waals surface area contributed by atoms with Gasteiger partial charge in [0.1, 0.15) is 34.1 Å². The number of nitrogens with one attached hydrogen (secondary N) is 3. The molecule has 1 saturated heterocycles. The molecule has 3 N–H and O–H groups in total. The fraction of sp³-hybridized carbons (Fsp3) is 0.125. The van der Waals surface area contributed by atoms with Gasteiger partial charge in [0.2, 0.25) is 0 Å². The van der Waals surface area contributed by atoms with Gasteiger partial charge in [0, 0.05) is 37.8 Å². The van der Waals surface area contributed by atoms with Crippen LogP contribution in [0.3, 0.4) is 0 Å². The molecule has 0 saturated carbocycles. The lowest BCUT2D eigenvalue weighted by Crippen LogP contribution is -2.46. The van der Waals surface area contributed by atoms with Crippen molar-refractivity contribution >= 4 is 66.7 Å². The van der Waals surface area contributed by atoms with Crippen molar-refractivity contribution in [3.8, 4) is 5.82 Å². The molecule has 7 rings (SSSR count). The van der Waals surface area contributed by atoms with Crippen LogP contribution < -0.4 is 15.4 Å². The molecule has 4 heterocycles. The number of carbonyl (C=O) groups is 1. The Labute approximate surface area is 272 Å². The molecule has 6 aromatic rings. The molecule has 0 spiro atoms. The molecule has 11 nitrogen and oxygen atoms in total. The van der Waals surface area contributed by atoms with E-state index in [0.29, 0.717) is 43.1 Å². The summed E-state index contributed by atoms with van der Waals surface area (Å²) in [5.41, 5.74) is 0.634. The first-order valence-electron chi connectivity index (χ1n) is 14.5. The van der Waals surface area contributed by atoms with Gasteiger partial charge in [-0.05, 0) is 42.5 Å². The number of sulfonamides is 1. The molecule has 47 heavy (non-hydrogen) atoms. The van der Waals surface area contributed by atoms with Gasteiger partial charge in [-0.25, -0.2) is 32.2 Å². The second-order valence-electron chi connectivity index (χ2n) is 10.7. The van der Waals surface area contributed by atoms with Crippen LogP contribution in [0.5, 0.6) is 0 Å². The summed E-state index contributed by atoms with van der Waals surface area (Å²) in [4.78, 5) is 28.2. The number of amides is 1. The highest BCUT2D eigenvalue weighted by atomic mass is 35.5. The number of hydrogen-bond donors (Lipinski definition) is 3. The van der Waals surface area contributed by atoms with Crippen molar-refractivity contribution in [2.45, 2.75) is 4.90 Å². The Morgan fingerprint density at radius 2 is 1.70 bits per heavy atom. The van der Waals surface area contributed by atoms with Crippen molar-refractivity contribution in [3.63, 3.8) is 0 Å². The Hall–Kier alpha value is -5.18. The van der Waals surface area contributed by atoms with Gasteiger partial charge in [-0.15, -0.1) is 0 Å². The number of anilines is 3. The Morgan fingerprint density at radius 1 is 0.936 bits per heavy atom. The van der Waals surface area contributed by atoms with Gasteiger partial charge in [-0.3, -0.25) is 9.52 Å². The molecule has 0 radical (unpaired) electrons. The fourth-order valence-electron chi connectivity index (χ4n) is 5.46. The molecule has 0 bridgehead atoms. The highest BCUT2D eigenvalue weighted by molar-refractivity contribution is 7.92. The minimum absolute atomic E-state index is 0.0330. The van der Waals surface area contributed by atoms with Gasteiger partial charge < -0.3 is 20.1 Å². The monoisotopic (exact) mass is 674 g/mol. The third-order valence-corrected chi connectivity index (χ3v) is 9.63. The number of aromatic nitrogens is 4. The van der Waals surface area contributed by atoms with E-state index in [0.717, 1.165) is 23.0 Å². The van der Waals surface area contributed by atoms with Crippen molar-refractivity contribution in [2.24, 2.45) is 0 Å². The van der Waals surface area contributed by atoms with Crippen LogP contribution >= 0.6 is 11.6 Å². The third-order valence-electron chi connectivity index (χ3n) is 7.77. The lowest BCUT2D eigenvalue weighted by molar-refractivity contribution is 0.0737. The zero-order valence-corrected chi connectivity index (χ0v) is 26.0. The normalized spacial score (nSPS) is 13.6. The molecule has 1 aliphatic heterocycles. The highest BCUT2D eigenvalue weighted by Gasteiger charge is 2.25. The molecule has 3 aromatic carbocycles. The largest absolute Gasteiger partial charge is 0.336 e. The van der Waals surface area contributed by atoms with Crippen LogP contribution in [0.25, 0.3) is 27.8 Å². The zero-order valence-electron chi connectivity index (χ0n) is 24.4. The van der Waals surface area contributed by atoms with Crippen LogP contribution in [0.4, 0.5) is 26.0 Å². The van der Waals surface area contributed by atoms with Crippen LogP contribution in [-0.2, 0) is 10.0 Å². The first-order valence-corrected chi connectivity index (χ1v) is 16.3. The van der Waals surface area contributed by atoms with E-state index in [1.165, 1.54) is 24.5 Å². The first kappa shape index (κ1) is 30.5. The number of rotatable bonds is 7. The van der Waals surface area contributed by atoms with E-state index in [1.54, 1.807) is 33.9 Å². The maximum absolute atomic E-state index is 15.7. The summed E-state index contributed by atoms with van der Waals surface area (Å²) in [7, 11) is -4.31. The van der Waals surface area contributed by atoms with Crippen molar-refractivity contribution in [1.82, 2.24) is 29.7 Å². The predicted octanol–water partition coefficient (Wildman–Crippen LogP) is 5.49. The number of nitrogens with zero attached hydrogens (tertiary/aromatic N) is 5. The Morgan fingerprint density at radius 3 is 2.51 bits per heavy atom. The van der Waals surface area contributed by atoms with Gasteiger partial charge in [0.05, 0.1) is 27.3 Å². The number of pyridine rings is 1. The summed E-state index contributed by atoms with van der Waals surface area (Å²) in [6.45, 7) is 2.61. The summed E-state index contributed by atoms with van der Waals surface area (Å²) in [6.07, 6.45) is 2.94. The van der Waals surface area contributed by atoms with Crippen LogP contribution in [0, 0.1) is 11.6 Å². The van der Waals surface area contributed by atoms with Gasteiger partial charge in [0.25, 0.3) is 15.9 Å². The topological polar surface area (TPSA) is 134 Å². The minimum Gasteiger partial charge on any atom is -0.336 e. The molecule has 0 aliphatic carbocycles. The Balaban J connectivity index is 1.26. The summed E-state index contributed by atoms with van der Waals surface area (Å²) in [5, 5.41) is 6.58. The van der Waals surface area contributed by atoms with Crippen LogP contribution in [0.15, 0.2) is 90.2 Å².